The van der Waals surface area contributed by atoms with Crippen LogP contribution in [-0.4, -0.2) is 30.6 Å². The lowest BCUT2D eigenvalue weighted by molar-refractivity contribution is 0.211. The summed E-state index contributed by atoms with van der Waals surface area (Å²) in [4.78, 5) is 2.68. The molecule has 0 atom stereocenters. The van der Waals surface area contributed by atoms with Crippen LogP contribution in [0.5, 0.6) is 0 Å². The minimum absolute atomic E-state index is 0.319. The van der Waals surface area contributed by atoms with Gasteiger partial charge in [0.2, 0.25) is 0 Å². The monoisotopic (exact) mass is 212 g/mol. The lowest BCUT2D eigenvalue weighted by Crippen LogP contribution is -2.33. The first-order valence-electron chi connectivity index (χ1n) is 6.53. The summed E-state index contributed by atoms with van der Waals surface area (Å²) in [5, 5.41) is 0. The Morgan fingerprint density at radius 3 is 2.40 bits per heavy atom. The van der Waals surface area contributed by atoms with Crippen LogP contribution in [0.2, 0.25) is 0 Å². The van der Waals surface area contributed by atoms with Crippen molar-refractivity contribution >= 4 is 0 Å². The Labute approximate surface area is 95.2 Å². The smallest absolute Gasteiger partial charge is 0.00964 e. The first kappa shape index (κ1) is 13.0. The van der Waals surface area contributed by atoms with Gasteiger partial charge < -0.3 is 10.6 Å². The Kier molecular flexibility index (Phi) is 5.07. The molecule has 2 nitrogen and oxygen atoms in total. The summed E-state index contributed by atoms with van der Waals surface area (Å²) in [6.07, 6.45) is 6.74. The largest absolute Gasteiger partial charge is 0.330 e. The van der Waals surface area contributed by atoms with Gasteiger partial charge >= 0.3 is 0 Å². The van der Waals surface area contributed by atoms with Crippen LogP contribution in [0.25, 0.3) is 0 Å². The molecule has 1 rings (SSSR count). The summed E-state index contributed by atoms with van der Waals surface area (Å²) in [6.45, 7) is 10.2. The highest BCUT2D eigenvalue weighted by atomic mass is 15.2. The third-order valence-corrected chi connectivity index (χ3v) is 3.49. The topological polar surface area (TPSA) is 29.3 Å². The summed E-state index contributed by atoms with van der Waals surface area (Å²) in [5.41, 5.74) is 6.08. The zero-order valence-electron chi connectivity index (χ0n) is 10.8. The molecule has 0 amide bonds. The first-order chi connectivity index (χ1) is 7.09. The third-order valence-electron chi connectivity index (χ3n) is 3.49. The average Bonchev–Trinajstić information content (AvgIpc) is 3.02. The quantitative estimate of drug-likeness (QED) is 0.670. The molecule has 90 valence electrons. The van der Waals surface area contributed by atoms with Crippen LogP contribution in [0.4, 0.5) is 0 Å². The molecular formula is C13H28N2. The molecule has 0 radical (unpaired) electrons. The van der Waals surface area contributed by atoms with Crippen molar-refractivity contribution in [1.82, 2.24) is 4.90 Å². The fraction of sp³-hybridized carbons (Fsp3) is 1.00. The van der Waals surface area contributed by atoms with Gasteiger partial charge in [0.1, 0.15) is 0 Å². The van der Waals surface area contributed by atoms with E-state index in [1.165, 1.54) is 45.2 Å². The van der Waals surface area contributed by atoms with Crippen molar-refractivity contribution in [2.75, 3.05) is 19.6 Å². The minimum Gasteiger partial charge on any atom is -0.330 e. The number of hydrogen-bond donors (Lipinski definition) is 1. The molecule has 0 aromatic rings. The Balaban J connectivity index is 2.25. The molecular weight excluding hydrogens is 184 g/mol. The molecule has 0 aromatic heterocycles. The summed E-state index contributed by atoms with van der Waals surface area (Å²) in [7, 11) is 0. The van der Waals surface area contributed by atoms with Gasteiger partial charge in [-0.05, 0) is 50.7 Å². The third kappa shape index (κ3) is 4.98. The van der Waals surface area contributed by atoms with E-state index in [0.29, 0.717) is 5.41 Å². The Morgan fingerprint density at radius 1 is 1.27 bits per heavy atom. The highest BCUT2D eigenvalue weighted by Gasteiger charge is 2.29. The Hall–Kier alpha value is -0.0800. The molecule has 0 heterocycles. The van der Waals surface area contributed by atoms with E-state index in [2.05, 4.69) is 25.7 Å². The molecule has 0 unspecified atom stereocenters. The van der Waals surface area contributed by atoms with Gasteiger partial charge in [0.05, 0.1) is 0 Å². The number of unbranched alkanes of at least 4 members (excludes halogenated alkanes) is 1. The van der Waals surface area contributed by atoms with Crippen LogP contribution >= 0.6 is 0 Å². The predicted octanol–water partition coefficient (Wildman–Crippen LogP) is 2.63. The highest BCUT2D eigenvalue weighted by Crippen LogP contribution is 2.29. The lowest BCUT2D eigenvalue weighted by atomic mass is 9.89. The summed E-state index contributed by atoms with van der Waals surface area (Å²) in [6, 6.07) is 0.908. The first-order valence-corrected chi connectivity index (χ1v) is 6.53. The van der Waals surface area contributed by atoms with Crippen LogP contribution < -0.4 is 5.73 Å². The fourth-order valence-electron chi connectivity index (χ4n) is 1.83. The molecule has 0 aliphatic heterocycles. The zero-order chi connectivity index (χ0) is 11.3. The van der Waals surface area contributed by atoms with Gasteiger partial charge in [-0.2, -0.15) is 0 Å². The van der Waals surface area contributed by atoms with E-state index in [1.54, 1.807) is 0 Å². The average molecular weight is 212 g/mol. The maximum atomic E-state index is 5.77. The molecule has 2 N–H and O–H groups in total. The van der Waals surface area contributed by atoms with Crippen molar-refractivity contribution in [1.29, 1.82) is 0 Å². The molecule has 2 heteroatoms. The molecule has 1 aliphatic rings. The van der Waals surface area contributed by atoms with Gasteiger partial charge in [0.15, 0.2) is 0 Å². The number of hydrogen-bond acceptors (Lipinski definition) is 2. The second-order valence-electron chi connectivity index (χ2n) is 5.74. The molecule has 1 fully saturated rings. The maximum absolute atomic E-state index is 5.77. The van der Waals surface area contributed by atoms with Crippen molar-refractivity contribution in [3.63, 3.8) is 0 Å². The Bertz CT molecular complexity index is 173. The molecule has 0 saturated heterocycles. The van der Waals surface area contributed by atoms with Gasteiger partial charge in [-0.3, -0.25) is 0 Å². The molecule has 0 aromatic carbocycles. The SMILES string of the molecule is CCCCN(CCC(C)(C)CN)C1CC1. The molecule has 0 bridgehead atoms. The van der Waals surface area contributed by atoms with Gasteiger partial charge in [-0.25, -0.2) is 0 Å². The Morgan fingerprint density at radius 2 is 1.93 bits per heavy atom. The zero-order valence-corrected chi connectivity index (χ0v) is 10.8. The lowest BCUT2D eigenvalue weighted by Gasteiger charge is -2.28. The van der Waals surface area contributed by atoms with Crippen LogP contribution in [-0.2, 0) is 0 Å². The predicted molar refractivity (Wildman–Crippen MR) is 67.0 cm³/mol. The molecule has 1 aliphatic carbocycles. The maximum Gasteiger partial charge on any atom is 0.00964 e. The fourth-order valence-corrected chi connectivity index (χ4v) is 1.83. The number of rotatable bonds is 8. The minimum atomic E-state index is 0.319. The van der Waals surface area contributed by atoms with E-state index >= 15 is 0 Å². The van der Waals surface area contributed by atoms with E-state index in [-0.39, 0.29) is 0 Å². The summed E-state index contributed by atoms with van der Waals surface area (Å²) in [5.74, 6) is 0. The molecule has 0 spiro atoms. The van der Waals surface area contributed by atoms with Gasteiger partial charge in [-0.1, -0.05) is 27.2 Å². The van der Waals surface area contributed by atoms with E-state index in [9.17, 15) is 0 Å². The van der Waals surface area contributed by atoms with Gasteiger partial charge in [0.25, 0.3) is 0 Å². The van der Waals surface area contributed by atoms with Gasteiger partial charge in [0, 0.05) is 6.04 Å². The van der Waals surface area contributed by atoms with Crippen LogP contribution in [0.3, 0.4) is 0 Å². The van der Waals surface area contributed by atoms with Crippen LogP contribution in [0.1, 0.15) is 52.9 Å². The van der Waals surface area contributed by atoms with Crippen LogP contribution in [0.15, 0.2) is 0 Å². The van der Waals surface area contributed by atoms with E-state index in [0.717, 1.165) is 12.6 Å². The molecule has 15 heavy (non-hydrogen) atoms. The van der Waals surface area contributed by atoms with Crippen molar-refractivity contribution in [3.8, 4) is 0 Å². The normalized spacial score (nSPS) is 17.4. The summed E-state index contributed by atoms with van der Waals surface area (Å²) < 4.78 is 0. The standard InChI is InChI=1S/C13H28N2/c1-4-5-9-15(12-6-7-12)10-8-13(2,3)11-14/h12H,4-11,14H2,1-3H3. The van der Waals surface area contributed by atoms with Crippen LogP contribution in [0, 0.1) is 5.41 Å². The second-order valence-corrected chi connectivity index (χ2v) is 5.74. The van der Waals surface area contributed by atoms with Crippen molar-refractivity contribution in [2.24, 2.45) is 11.1 Å². The second kappa shape index (κ2) is 5.86. The van der Waals surface area contributed by atoms with Crippen molar-refractivity contribution in [3.05, 3.63) is 0 Å². The van der Waals surface area contributed by atoms with Crippen molar-refractivity contribution in [2.45, 2.75) is 58.9 Å². The summed E-state index contributed by atoms with van der Waals surface area (Å²) >= 11 is 0. The van der Waals surface area contributed by atoms with E-state index in [4.69, 9.17) is 5.73 Å². The van der Waals surface area contributed by atoms with E-state index < -0.39 is 0 Å². The van der Waals surface area contributed by atoms with Crippen molar-refractivity contribution < 1.29 is 0 Å². The highest BCUT2D eigenvalue weighted by molar-refractivity contribution is 4.85. The van der Waals surface area contributed by atoms with Gasteiger partial charge in [-0.15, -0.1) is 0 Å². The van der Waals surface area contributed by atoms with E-state index in [1.807, 2.05) is 0 Å². The number of nitrogens with two attached hydrogens (primary N) is 1. The number of nitrogens with zero attached hydrogens (tertiary/aromatic N) is 1. The molecule has 1 saturated carbocycles.